The first-order valence-electron chi connectivity index (χ1n) is 6.64. The zero-order chi connectivity index (χ0) is 17.2. The summed E-state index contributed by atoms with van der Waals surface area (Å²) >= 11 is 2.07. The SMILES string of the molecule is CN(Cc1ccco1)S(=O)(=O)c1nnc(NC(=O)c2cccs2)s1. The average Bonchev–Trinajstić information content (AvgIpc) is 3.29. The number of rotatable bonds is 6. The number of amides is 1. The number of furan rings is 1. The monoisotopic (exact) mass is 384 g/mol. The van der Waals surface area contributed by atoms with Gasteiger partial charge in [-0.05, 0) is 23.6 Å². The molecule has 126 valence electrons. The highest BCUT2D eigenvalue weighted by molar-refractivity contribution is 7.91. The lowest BCUT2D eigenvalue weighted by atomic mass is 10.4. The van der Waals surface area contributed by atoms with Crippen molar-refractivity contribution in [1.82, 2.24) is 14.5 Å². The number of aromatic nitrogens is 2. The van der Waals surface area contributed by atoms with Gasteiger partial charge in [0.25, 0.3) is 15.9 Å². The first-order chi connectivity index (χ1) is 11.5. The van der Waals surface area contributed by atoms with Crippen molar-refractivity contribution in [3.63, 3.8) is 0 Å². The molecule has 11 heteroatoms. The number of carbonyl (C=O) groups excluding carboxylic acids is 1. The van der Waals surface area contributed by atoms with Crippen molar-refractivity contribution in [2.45, 2.75) is 10.9 Å². The molecule has 3 rings (SSSR count). The van der Waals surface area contributed by atoms with E-state index in [1.165, 1.54) is 24.6 Å². The molecular weight excluding hydrogens is 372 g/mol. The number of nitrogens with one attached hydrogen (secondary N) is 1. The van der Waals surface area contributed by atoms with Crippen LogP contribution in [0.15, 0.2) is 44.7 Å². The van der Waals surface area contributed by atoms with Crippen LogP contribution in [0.5, 0.6) is 0 Å². The smallest absolute Gasteiger partial charge is 0.272 e. The van der Waals surface area contributed by atoms with E-state index < -0.39 is 10.0 Å². The predicted molar refractivity (Wildman–Crippen MR) is 89.5 cm³/mol. The Bertz CT molecular complexity index is 917. The normalized spacial score (nSPS) is 11.8. The summed E-state index contributed by atoms with van der Waals surface area (Å²) in [7, 11) is -2.39. The van der Waals surface area contributed by atoms with Crippen LogP contribution in [0.2, 0.25) is 0 Å². The summed E-state index contributed by atoms with van der Waals surface area (Å²) in [5.41, 5.74) is 0. The number of anilines is 1. The lowest BCUT2D eigenvalue weighted by Gasteiger charge is -2.12. The number of nitrogens with zero attached hydrogens (tertiary/aromatic N) is 3. The van der Waals surface area contributed by atoms with Gasteiger partial charge in [0.2, 0.25) is 9.47 Å². The molecule has 0 aliphatic heterocycles. The van der Waals surface area contributed by atoms with E-state index in [2.05, 4.69) is 15.5 Å². The summed E-state index contributed by atoms with van der Waals surface area (Å²) in [5, 5.41) is 11.8. The second kappa shape index (κ2) is 6.81. The van der Waals surface area contributed by atoms with Crippen LogP contribution in [0.3, 0.4) is 0 Å². The zero-order valence-corrected chi connectivity index (χ0v) is 14.8. The molecular formula is C13H12N4O4S3. The fourth-order valence-electron chi connectivity index (χ4n) is 1.77. The molecule has 1 N–H and O–H groups in total. The Kier molecular flexibility index (Phi) is 4.76. The molecule has 0 atom stereocenters. The third-order valence-electron chi connectivity index (χ3n) is 2.96. The Morgan fingerprint density at radius 1 is 1.33 bits per heavy atom. The molecule has 0 unspecified atom stereocenters. The van der Waals surface area contributed by atoms with Crippen LogP contribution >= 0.6 is 22.7 Å². The highest BCUT2D eigenvalue weighted by Gasteiger charge is 2.27. The number of hydrogen-bond donors (Lipinski definition) is 1. The van der Waals surface area contributed by atoms with Crippen LogP contribution in [0.1, 0.15) is 15.4 Å². The van der Waals surface area contributed by atoms with Crippen LogP contribution in [0.25, 0.3) is 0 Å². The van der Waals surface area contributed by atoms with Gasteiger partial charge in [0.1, 0.15) is 5.76 Å². The average molecular weight is 384 g/mol. The summed E-state index contributed by atoms with van der Waals surface area (Å²) < 4.78 is 31.0. The molecule has 3 aromatic heterocycles. The molecule has 3 aromatic rings. The minimum atomic E-state index is -3.81. The zero-order valence-electron chi connectivity index (χ0n) is 12.4. The van der Waals surface area contributed by atoms with E-state index in [0.717, 1.165) is 15.6 Å². The maximum absolute atomic E-state index is 12.5. The molecule has 0 spiro atoms. The Labute approximate surface area is 145 Å². The molecule has 24 heavy (non-hydrogen) atoms. The summed E-state index contributed by atoms with van der Waals surface area (Å²) in [6.07, 6.45) is 1.47. The number of thiophene rings is 1. The molecule has 8 nitrogen and oxygen atoms in total. The fourth-order valence-corrected chi connectivity index (χ4v) is 4.61. The third kappa shape index (κ3) is 3.53. The van der Waals surface area contributed by atoms with Crippen molar-refractivity contribution in [2.75, 3.05) is 12.4 Å². The Hall–Kier alpha value is -2.08. The van der Waals surface area contributed by atoms with E-state index in [1.54, 1.807) is 29.6 Å². The van der Waals surface area contributed by atoms with E-state index >= 15 is 0 Å². The Balaban J connectivity index is 1.73. The fraction of sp³-hybridized carbons (Fsp3) is 0.154. The third-order valence-corrected chi connectivity index (χ3v) is 6.82. The van der Waals surface area contributed by atoms with Gasteiger partial charge in [-0.2, -0.15) is 4.31 Å². The quantitative estimate of drug-likeness (QED) is 0.654. The van der Waals surface area contributed by atoms with E-state index in [9.17, 15) is 13.2 Å². The predicted octanol–water partition coefficient (Wildman–Crippen LogP) is 2.27. The van der Waals surface area contributed by atoms with Crippen molar-refractivity contribution < 1.29 is 17.6 Å². The first-order valence-corrected chi connectivity index (χ1v) is 9.77. The lowest BCUT2D eigenvalue weighted by Crippen LogP contribution is -2.26. The molecule has 0 fully saturated rings. The van der Waals surface area contributed by atoms with Gasteiger partial charge in [-0.15, -0.1) is 21.5 Å². The van der Waals surface area contributed by atoms with E-state index in [0.29, 0.717) is 10.6 Å². The Morgan fingerprint density at radius 2 is 2.17 bits per heavy atom. The molecule has 0 bridgehead atoms. The molecule has 0 saturated carbocycles. The van der Waals surface area contributed by atoms with Gasteiger partial charge in [-0.25, -0.2) is 8.42 Å². The first kappa shape index (κ1) is 16.8. The van der Waals surface area contributed by atoms with E-state index in [4.69, 9.17) is 4.42 Å². The van der Waals surface area contributed by atoms with Crippen molar-refractivity contribution in [2.24, 2.45) is 0 Å². The van der Waals surface area contributed by atoms with E-state index in [1.807, 2.05) is 0 Å². The maximum Gasteiger partial charge on any atom is 0.272 e. The standard InChI is InChI=1S/C13H12N4O4S3/c1-17(8-9-4-2-6-21-9)24(19,20)13-16-15-12(23-13)14-11(18)10-5-3-7-22-10/h2-7H,8H2,1H3,(H,14,15,18). The Morgan fingerprint density at radius 3 is 2.83 bits per heavy atom. The second-order valence-corrected chi connectivity index (χ2v) is 8.79. The van der Waals surface area contributed by atoms with Crippen molar-refractivity contribution >= 4 is 43.7 Å². The number of carbonyl (C=O) groups is 1. The maximum atomic E-state index is 12.5. The lowest BCUT2D eigenvalue weighted by molar-refractivity contribution is 0.103. The second-order valence-electron chi connectivity index (χ2n) is 4.64. The van der Waals surface area contributed by atoms with E-state index in [-0.39, 0.29) is 21.9 Å². The van der Waals surface area contributed by atoms with Gasteiger partial charge in [0.15, 0.2) is 0 Å². The summed E-state index contributed by atoms with van der Waals surface area (Å²) in [6, 6.07) is 6.77. The van der Waals surface area contributed by atoms with Gasteiger partial charge in [0, 0.05) is 7.05 Å². The molecule has 0 aromatic carbocycles. The minimum absolute atomic E-state index is 0.0752. The molecule has 0 aliphatic carbocycles. The minimum Gasteiger partial charge on any atom is -0.468 e. The largest absolute Gasteiger partial charge is 0.468 e. The van der Waals surface area contributed by atoms with Gasteiger partial charge in [-0.1, -0.05) is 17.4 Å². The summed E-state index contributed by atoms with van der Waals surface area (Å²) in [6.45, 7) is 0.0752. The van der Waals surface area contributed by atoms with Crippen LogP contribution in [-0.2, 0) is 16.6 Å². The topological polar surface area (TPSA) is 105 Å². The van der Waals surface area contributed by atoms with Crippen LogP contribution in [0, 0.1) is 0 Å². The summed E-state index contributed by atoms with van der Waals surface area (Å²) in [5.74, 6) is 0.158. The van der Waals surface area contributed by atoms with Crippen molar-refractivity contribution in [3.05, 3.63) is 46.5 Å². The molecule has 0 aliphatic rings. The van der Waals surface area contributed by atoms with Crippen molar-refractivity contribution in [1.29, 1.82) is 0 Å². The molecule has 1 amide bonds. The van der Waals surface area contributed by atoms with Gasteiger partial charge < -0.3 is 4.42 Å². The van der Waals surface area contributed by atoms with Crippen LogP contribution < -0.4 is 5.32 Å². The van der Waals surface area contributed by atoms with Crippen LogP contribution in [-0.4, -0.2) is 35.9 Å². The summed E-state index contributed by atoms with van der Waals surface area (Å²) in [4.78, 5) is 12.4. The highest BCUT2D eigenvalue weighted by atomic mass is 32.2. The van der Waals surface area contributed by atoms with Crippen LogP contribution in [0.4, 0.5) is 5.13 Å². The molecule has 0 saturated heterocycles. The van der Waals surface area contributed by atoms with Crippen molar-refractivity contribution in [3.8, 4) is 0 Å². The highest BCUT2D eigenvalue weighted by Crippen LogP contribution is 2.24. The van der Waals surface area contributed by atoms with Gasteiger partial charge in [-0.3, -0.25) is 10.1 Å². The number of hydrogen-bond acceptors (Lipinski definition) is 8. The number of sulfonamides is 1. The van der Waals surface area contributed by atoms with Gasteiger partial charge in [0.05, 0.1) is 17.7 Å². The van der Waals surface area contributed by atoms with Gasteiger partial charge >= 0.3 is 0 Å². The molecule has 0 radical (unpaired) electrons. The molecule has 3 heterocycles.